The minimum Gasteiger partial charge on any atom is -0.491 e. The number of hydrogen-bond donors (Lipinski definition) is 0. The molecule has 1 fully saturated rings. The van der Waals surface area contributed by atoms with Crippen molar-refractivity contribution in [2.75, 3.05) is 59.7 Å². The van der Waals surface area contributed by atoms with Crippen molar-refractivity contribution in [2.45, 2.75) is 12.8 Å². The molecule has 8 heteroatoms. The van der Waals surface area contributed by atoms with Crippen LogP contribution in [0.3, 0.4) is 0 Å². The van der Waals surface area contributed by atoms with Gasteiger partial charge in [-0.1, -0.05) is 12.1 Å². The van der Waals surface area contributed by atoms with Crippen LogP contribution >= 0.6 is 0 Å². The number of hydrogen-bond acceptors (Lipinski definition) is 5. The number of carbonyl (C=O) groups is 1. The van der Waals surface area contributed by atoms with E-state index in [2.05, 4.69) is 4.90 Å². The molecule has 0 aromatic heterocycles. The Balaban J connectivity index is 1.32. The van der Waals surface area contributed by atoms with Gasteiger partial charge in [-0.3, -0.25) is 9.69 Å². The maximum atomic E-state index is 13.6. The van der Waals surface area contributed by atoms with Crippen LogP contribution in [0.5, 0.6) is 11.5 Å². The quantitative estimate of drug-likeness (QED) is 0.495. The van der Waals surface area contributed by atoms with E-state index in [9.17, 15) is 13.6 Å². The lowest BCUT2D eigenvalue weighted by Gasteiger charge is -2.34. The van der Waals surface area contributed by atoms with Gasteiger partial charge in [0.2, 0.25) is 5.91 Å². The zero-order valence-electron chi connectivity index (χ0n) is 18.4. The largest absolute Gasteiger partial charge is 0.491 e. The molecular formula is C24H30F2N2O4. The summed E-state index contributed by atoms with van der Waals surface area (Å²) in [4.78, 5) is 16.6. The molecule has 3 rings (SSSR count). The molecule has 1 saturated heterocycles. The van der Waals surface area contributed by atoms with E-state index in [0.29, 0.717) is 52.3 Å². The topological polar surface area (TPSA) is 51.2 Å². The zero-order valence-corrected chi connectivity index (χ0v) is 18.4. The number of ether oxygens (including phenoxy) is 3. The SMILES string of the molecule is COCCOc1ccc(CCC(=O)N2CCN(CCOc3ccc(F)cc3F)CC2)cc1. The monoisotopic (exact) mass is 448 g/mol. The van der Waals surface area contributed by atoms with Gasteiger partial charge in [0.1, 0.15) is 24.8 Å². The summed E-state index contributed by atoms with van der Waals surface area (Å²) in [7, 11) is 1.64. The van der Waals surface area contributed by atoms with E-state index >= 15 is 0 Å². The molecule has 0 N–H and O–H groups in total. The van der Waals surface area contributed by atoms with E-state index in [4.69, 9.17) is 14.2 Å². The first kappa shape index (κ1) is 23.9. The second-order valence-corrected chi connectivity index (χ2v) is 7.63. The number of amides is 1. The fraction of sp³-hybridized carbons (Fsp3) is 0.458. The van der Waals surface area contributed by atoms with Crippen LogP contribution < -0.4 is 9.47 Å². The fourth-order valence-electron chi connectivity index (χ4n) is 3.50. The molecule has 0 aliphatic carbocycles. The van der Waals surface area contributed by atoms with Crippen molar-refractivity contribution in [3.8, 4) is 11.5 Å². The summed E-state index contributed by atoms with van der Waals surface area (Å²) < 4.78 is 42.5. The number of nitrogens with zero attached hydrogens (tertiary/aromatic N) is 2. The Morgan fingerprint density at radius 2 is 1.69 bits per heavy atom. The Morgan fingerprint density at radius 3 is 2.38 bits per heavy atom. The number of benzene rings is 2. The lowest BCUT2D eigenvalue weighted by atomic mass is 10.1. The molecule has 1 amide bonds. The van der Waals surface area contributed by atoms with Gasteiger partial charge in [0.05, 0.1) is 6.61 Å². The summed E-state index contributed by atoms with van der Waals surface area (Å²) in [5, 5.41) is 0. The second kappa shape index (κ2) is 12.4. The molecule has 2 aromatic carbocycles. The minimum atomic E-state index is -0.700. The molecule has 32 heavy (non-hydrogen) atoms. The molecule has 0 atom stereocenters. The molecule has 1 heterocycles. The normalized spacial score (nSPS) is 14.4. The van der Waals surface area contributed by atoms with E-state index in [1.165, 1.54) is 12.1 Å². The van der Waals surface area contributed by atoms with Crippen LogP contribution in [0.4, 0.5) is 8.78 Å². The van der Waals surface area contributed by atoms with E-state index in [0.717, 1.165) is 30.5 Å². The van der Waals surface area contributed by atoms with Crippen molar-refractivity contribution in [3.63, 3.8) is 0 Å². The van der Waals surface area contributed by atoms with Crippen molar-refractivity contribution in [1.29, 1.82) is 0 Å². The third-order valence-electron chi connectivity index (χ3n) is 5.39. The second-order valence-electron chi connectivity index (χ2n) is 7.63. The molecule has 6 nitrogen and oxygen atoms in total. The summed E-state index contributed by atoms with van der Waals surface area (Å²) >= 11 is 0. The first-order chi connectivity index (χ1) is 15.5. The number of piperazine rings is 1. The Hall–Kier alpha value is -2.71. The highest BCUT2D eigenvalue weighted by Gasteiger charge is 2.20. The summed E-state index contributed by atoms with van der Waals surface area (Å²) in [6.07, 6.45) is 1.16. The third kappa shape index (κ3) is 7.46. The average Bonchev–Trinajstić information content (AvgIpc) is 2.80. The van der Waals surface area contributed by atoms with Crippen LogP contribution in [0.25, 0.3) is 0 Å². The predicted octanol–water partition coefficient (Wildman–Crippen LogP) is 3.15. The van der Waals surface area contributed by atoms with Gasteiger partial charge >= 0.3 is 0 Å². The standard InChI is InChI=1S/C24H30F2N2O4/c1-30-16-17-31-21-6-2-19(3-7-21)4-9-24(29)28-12-10-27(11-13-28)14-15-32-23-8-5-20(25)18-22(23)26/h2-3,5-8,18H,4,9-17H2,1H3. The Kier molecular flexibility index (Phi) is 9.25. The number of carbonyl (C=O) groups excluding carboxylic acids is 1. The van der Waals surface area contributed by atoms with E-state index < -0.39 is 11.6 Å². The van der Waals surface area contributed by atoms with Gasteiger partial charge in [-0.05, 0) is 36.2 Å². The van der Waals surface area contributed by atoms with Crippen LogP contribution in [0, 0.1) is 11.6 Å². The van der Waals surface area contributed by atoms with Crippen LogP contribution in [0.2, 0.25) is 0 Å². The maximum absolute atomic E-state index is 13.6. The van der Waals surface area contributed by atoms with Crippen LogP contribution in [-0.4, -0.2) is 75.4 Å². The summed E-state index contributed by atoms with van der Waals surface area (Å²) in [5.41, 5.74) is 1.10. The lowest BCUT2D eigenvalue weighted by molar-refractivity contribution is -0.132. The van der Waals surface area contributed by atoms with Gasteiger partial charge in [-0.15, -0.1) is 0 Å². The van der Waals surface area contributed by atoms with Gasteiger partial charge in [0.25, 0.3) is 0 Å². The van der Waals surface area contributed by atoms with Gasteiger partial charge < -0.3 is 19.1 Å². The summed E-state index contributed by atoms with van der Waals surface area (Å²) in [6.45, 7) is 4.80. The van der Waals surface area contributed by atoms with E-state index in [-0.39, 0.29) is 11.7 Å². The van der Waals surface area contributed by atoms with E-state index in [1.54, 1.807) is 7.11 Å². The van der Waals surface area contributed by atoms with Crippen molar-refractivity contribution >= 4 is 5.91 Å². The third-order valence-corrected chi connectivity index (χ3v) is 5.39. The molecular weight excluding hydrogens is 418 g/mol. The van der Waals surface area contributed by atoms with Gasteiger partial charge in [0, 0.05) is 52.3 Å². The number of halogens is 2. The maximum Gasteiger partial charge on any atom is 0.222 e. The molecule has 0 saturated carbocycles. The van der Waals surface area contributed by atoms with Crippen molar-refractivity contribution < 1.29 is 27.8 Å². The molecule has 0 unspecified atom stereocenters. The smallest absolute Gasteiger partial charge is 0.222 e. The summed E-state index contributed by atoms with van der Waals surface area (Å²) in [6, 6.07) is 11.1. The summed E-state index contributed by atoms with van der Waals surface area (Å²) in [5.74, 6) is -0.336. The highest BCUT2D eigenvalue weighted by Crippen LogP contribution is 2.18. The average molecular weight is 449 g/mol. The van der Waals surface area contributed by atoms with Gasteiger partial charge in [-0.2, -0.15) is 0 Å². The van der Waals surface area contributed by atoms with Crippen LogP contribution in [0.1, 0.15) is 12.0 Å². The number of methoxy groups -OCH3 is 1. The Bertz CT molecular complexity index is 856. The first-order valence-electron chi connectivity index (χ1n) is 10.8. The highest BCUT2D eigenvalue weighted by atomic mass is 19.1. The molecule has 0 spiro atoms. The number of rotatable bonds is 11. The van der Waals surface area contributed by atoms with Gasteiger partial charge in [0.15, 0.2) is 11.6 Å². The zero-order chi connectivity index (χ0) is 22.8. The molecule has 0 radical (unpaired) electrons. The Labute approximate surface area is 187 Å². The molecule has 0 bridgehead atoms. The van der Waals surface area contributed by atoms with Crippen LogP contribution in [0.15, 0.2) is 42.5 Å². The minimum absolute atomic E-state index is 0.0507. The first-order valence-corrected chi connectivity index (χ1v) is 10.8. The van der Waals surface area contributed by atoms with E-state index in [1.807, 2.05) is 29.2 Å². The molecule has 2 aromatic rings. The molecule has 1 aliphatic rings. The predicted molar refractivity (Wildman–Crippen MR) is 117 cm³/mol. The highest BCUT2D eigenvalue weighted by molar-refractivity contribution is 5.76. The number of aryl methyl sites for hydroxylation is 1. The lowest BCUT2D eigenvalue weighted by Crippen LogP contribution is -2.49. The van der Waals surface area contributed by atoms with Gasteiger partial charge in [-0.25, -0.2) is 8.78 Å². The Morgan fingerprint density at radius 1 is 0.938 bits per heavy atom. The molecule has 174 valence electrons. The fourth-order valence-corrected chi connectivity index (χ4v) is 3.50. The molecule has 1 aliphatic heterocycles. The van der Waals surface area contributed by atoms with Crippen molar-refractivity contribution in [3.05, 3.63) is 59.7 Å². The van der Waals surface area contributed by atoms with Crippen molar-refractivity contribution in [2.24, 2.45) is 0 Å². The van der Waals surface area contributed by atoms with Crippen LogP contribution in [-0.2, 0) is 16.0 Å². The van der Waals surface area contributed by atoms with Crippen molar-refractivity contribution in [1.82, 2.24) is 9.80 Å².